The summed E-state index contributed by atoms with van der Waals surface area (Å²) in [7, 11) is 0. The average molecular weight is 320 g/mol. The molecule has 6 nitrogen and oxygen atoms in total. The molecule has 0 radical (unpaired) electrons. The molecule has 1 saturated heterocycles. The van der Waals surface area contributed by atoms with Crippen LogP contribution in [0.4, 0.5) is 9.93 Å². The van der Waals surface area contributed by atoms with Gasteiger partial charge in [-0.25, -0.2) is 9.78 Å². The second-order valence-electron chi connectivity index (χ2n) is 6.28. The number of hydrogen-bond donors (Lipinski definition) is 0. The number of pyridine rings is 1. The lowest BCUT2D eigenvalue weighted by molar-refractivity contribution is 0.0240. The molecule has 2 aromatic heterocycles. The standard InChI is InChI=1S/C15H20N4O2S/c1-15(2,3)21-14(20)19-9-7-18(8-10-19)13-17-12-11(22-13)5-4-6-16-12/h4-6H,7-10H2,1-3H3. The van der Waals surface area contributed by atoms with Gasteiger partial charge in [0.25, 0.3) is 0 Å². The fraction of sp³-hybridized carbons (Fsp3) is 0.533. The molecular weight excluding hydrogens is 300 g/mol. The third-order valence-electron chi connectivity index (χ3n) is 3.36. The summed E-state index contributed by atoms with van der Waals surface area (Å²) in [6, 6.07) is 3.95. The molecule has 0 spiro atoms. The lowest BCUT2D eigenvalue weighted by atomic mass is 10.2. The van der Waals surface area contributed by atoms with E-state index >= 15 is 0 Å². The van der Waals surface area contributed by atoms with Crippen molar-refractivity contribution in [2.75, 3.05) is 31.1 Å². The van der Waals surface area contributed by atoms with Crippen LogP contribution >= 0.6 is 11.3 Å². The summed E-state index contributed by atoms with van der Waals surface area (Å²) in [4.78, 5) is 24.9. The molecule has 0 bridgehead atoms. The number of piperazine rings is 1. The van der Waals surface area contributed by atoms with Gasteiger partial charge in [0.15, 0.2) is 10.8 Å². The number of carbonyl (C=O) groups is 1. The number of thiazole rings is 1. The van der Waals surface area contributed by atoms with E-state index in [2.05, 4.69) is 14.9 Å². The zero-order valence-electron chi connectivity index (χ0n) is 13.1. The Kier molecular flexibility index (Phi) is 3.90. The molecule has 0 unspecified atom stereocenters. The van der Waals surface area contributed by atoms with Crippen LogP contribution in [0.3, 0.4) is 0 Å². The Morgan fingerprint density at radius 3 is 2.64 bits per heavy atom. The first-order chi connectivity index (χ1) is 10.4. The molecule has 0 N–H and O–H groups in total. The number of anilines is 1. The third kappa shape index (κ3) is 3.30. The molecule has 0 aliphatic carbocycles. The summed E-state index contributed by atoms with van der Waals surface area (Å²) in [6.07, 6.45) is 1.52. The Bertz CT molecular complexity index is 638. The van der Waals surface area contributed by atoms with Gasteiger partial charge in [-0.3, -0.25) is 0 Å². The van der Waals surface area contributed by atoms with Gasteiger partial charge in [-0.2, -0.15) is 4.98 Å². The van der Waals surface area contributed by atoms with E-state index in [-0.39, 0.29) is 6.09 Å². The molecule has 0 atom stereocenters. The molecule has 1 fully saturated rings. The number of rotatable bonds is 1. The van der Waals surface area contributed by atoms with Crippen molar-refractivity contribution in [2.24, 2.45) is 0 Å². The first kappa shape index (κ1) is 15.0. The van der Waals surface area contributed by atoms with Crippen LogP contribution in [0.25, 0.3) is 10.3 Å². The molecular formula is C15H20N4O2S. The summed E-state index contributed by atoms with van der Waals surface area (Å²) in [5.74, 6) is 0. The van der Waals surface area contributed by atoms with Gasteiger partial charge in [0.2, 0.25) is 0 Å². The Morgan fingerprint density at radius 2 is 2.00 bits per heavy atom. The maximum atomic E-state index is 12.1. The van der Waals surface area contributed by atoms with Crippen molar-refractivity contribution in [1.29, 1.82) is 0 Å². The third-order valence-corrected chi connectivity index (χ3v) is 4.43. The Hall–Kier alpha value is -1.89. The number of amides is 1. The van der Waals surface area contributed by atoms with Crippen molar-refractivity contribution in [3.63, 3.8) is 0 Å². The van der Waals surface area contributed by atoms with E-state index in [1.54, 1.807) is 22.4 Å². The van der Waals surface area contributed by atoms with Crippen molar-refractivity contribution in [3.8, 4) is 0 Å². The van der Waals surface area contributed by atoms with Gasteiger partial charge in [-0.15, -0.1) is 0 Å². The predicted octanol–water partition coefficient (Wildman–Crippen LogP) is 2.75. The molecule has 118 valence electrons. The van der Waals surface area contributed by atoms with Crippen LogP contribution in [-0.2, 0) is 4.74 Å². The number of aromatic nitrogens is 2. The summed E-state index contributed by atoms with van der Waals surface area (Å²) in [5.41, 5.74) is 0.337. The zero-order chi connectivity index (χ0) is 15.7. The van der Waals surface area contributed by atoms with E-state index in [4.69, 9.17) is 4.74 Å². The lowest BCUT2D eigenvalue weighted by Crippen LogP contribution is -2.50. The van der Waals surface area contributed by atoms with E-state index < -0.39 is 5.60 Å². The van der Waals surface area contributed by atoms with Gasteiger partial charge in [0.05, 0.1) is 4.70 Å². The van der Waals surface area contributed by atoms with E-state index in [1.807, 2.05) is 32.9 Å². The first-order valence-electron chi connectivity index (χ1n) is 7.37. The topological polar surface area (TPSA) is 58.6 Å². The number of ether oxygens (including phenoxy) is 1. The van der Waals surface area contributed by atoms with E-state index in [0.29, 0.717) is 13.1 Å². The number of nitrogens with zero attached hydrogens (tertiary/aromatic N) is 4. The lowest BCUT2D eigenvalue weighted by Gasteiger charge is -2.35. The normalized spacial score (nSPS) is 16.1. The summed E-state index contributed by atoms with van der Waals surface area (Å²) >= 11 is 1.64. The quantitative estimate of drug-likeness (QED) is 0.808. The molecule has 3 heterocycles. The highest BCUT2D eigenvalue weighted by molar-refractivity contribution is 7.22. The summed E-state index contributed by atoms with van der Waals surface area (Å²) in [5, 5.41) is 0.970. The Morgan fingerprint density at radius 1 is 1.27 bits per heavy atom. The van der Waals surface area contributed by atoms with Crippen LogP contribution in [0.15, 0.2) is 18.3 Å². The molecule has 1 amide bonds. The van der Waals surface area contributed by atoms with Gasteiger partial charge >= 0.3 is 6.09 Å². The molecule has 7 heteroatoms. The van der Waals surface area contributed by atoms with Gasteiger partial charge in [0.1, 0.15) is 5.60 Å². The number of hydrogen-bond acceptors (Lipinski definition) is 6. The minimum atomic E-state index is -0.451. The molecule has 0 saturated carbocycles. The van der Waals surface area contributed by atoms with Gasteiger partial charge in [-0.05, 0) is 32.9 Å². The highest BCUT2D eigenvalue weighted by Crippen LogP contribution is 2.28. The van der Waals surface area contributed by atoms with E-state index in [0.717, 1.165) is 28.6 Å². The van der Waals surface area contributed by atoms with Gasteiger partial charge in [0, 0.05) is 32.4 Å². The van der Waals surface area contributed by atoms with Crippen LogP contribution in [0.1, 0.15) is 20.8 Å². The van der Waals surface area contributed by atoms with Crippen molar-refractivity contribution in [2.45, 2.75) is 26.4 Å². The van der Waals surface area contributed by atoms with Crippen molar-refractivity contribution < 1.29 is 9.53 Å². The van der Waals surface area contributed by atoms with Crippen LogP contribution in [0, 0.1) is 0 Å². The van der Waals surface area contributed by atoms with Crippen LogP contribution in [0.2, 0.25) is 0 Å². The van der Waals surface area contributed by atoms with Crippen LogP contribution < -0.4 is 4.90 Å². The smallest absolute Gasteiger partial charge is 0.410 e. The van der Waals surface area contributed by atoms with Crippen molar-refractivity contribution in [3.05, 3.63) is 18.3 Å². The Labute approximate surface area is 133 Å². The highest BCUT2D eigenvalue weighted by atomic mass is 32.1. The second kappa shape index (κ2) is 5.72. The van der Waals surface area contributed by atoms with Crippen molar-refractivity contribution >= 4 is 32.9 Å². The zero-order valence-corrected chi connectivity index (χ0v) is 13.9. The number of fused-ring (bicyclic) bond motifs is 1. The summed E-state index contributed by atoms with van der Waals surface area (Å²) < 4.78 is 6.50. The second-order valence-corrected chi connectivity index (χ2v) is 7.29. The maximum Gasteiger partial charge on any atom is 0.410 e. The molecule has 2 aromatic rings. The summed E-state index contributed by atoms with van der Waals surface area (Å²) in [6.45, 7) is 8.48. The van der Waals surface area contributed by atoms with E-state index in [9.17, 15) is 4.79 Å². The largest absolute Gasteiger partial charge is 0.444 e. The highest BCUT2D eigenvalue weighted by Gasteiger charge is 2.26. The first-order valence-corrected chi connectivity index (χ1v) is 8.18. The fourth-order valence-corrected chi connectivity index (χ4v) is 3.28. The molecule has 3 rings (SSSR count). The molecule has 1 aliphatic rings. The minimum Gasteiger partial charge on any atom is -0.444 e. The predicted molar refractivity (Wildman–Crippen MR) is 87.4 cm³/mol. The monoisotopic (exact) mass is 320 g/mol. The van der Waals surface area contributed by atoms with Crippen molar-refractivity contribution in [1.82, 2.24) is 14.9 Å². The van der Waals surface area contributed by atoms with Crippen LogP contribution in [0.5, 0.6) is 0 Å². The molecule has 1 aliphatic heterocycles. The van der Waals surface area contributed by atoms with Crippen LogP contribution in [-0.4, -0.2) is 52.7 Å². The van der Waals surface area contributed by atoms with Gasteiger partial charge < -0.3 is 14.5 Å². The number of carbonyl (C=O) groups excluding carboxylic acids is 1. The molecule has 22 heavy (non-hydrogen) atoms. The van der Waals surface area contributed by atoms with Gasteiger partial charge in [-0.1, -0.05) is 11.3 Å². The Balaban J connectivity index is 1.63. The fourth-order valence-electron chi connectivity index (χ4n) is 2.30. The average Bonchev–Trinajstić information content (AvgIpc) is 2.89. The minimum absolute atomic E-state index is 0.238. The SMILES string of the molecule is CC(C)(C)OC(=O)N1CCN(c2nc3ncccc3s2)CC1. The maximum absolute atomic E-state index is 12.1. The van der Waals surface area contributed by atoms with E-state index in [1.165, 1.54) is 0 Å². The molecule has 0 aromatic carbocycles.